The maximum Gasteiger partial charge on any atom is -0.00104 e. The average Bonchev–Trinajstić information content (AvgIpc) is 4.42. The van der Waals surface area contributed by atoms with Gasteiger partial charge in [0.2, 0.25) is 0 Å². The standard InChI is InChI=1S/C40H28.C26H20.C10H12.C7H10/c1-25-35-13-7-5-11-29(35)19-33-21-31(15-17-37(25)33)39-23-27-9-3-4-10-28(27)24-40(39)32-16-18-38-26(2)36-14-8-6-12-30(36)20-34(38)22-32;1-15-3-5-17-9-21-13-26-24-12-20-8-16(2)4-6-18(20)10-22(24)14-25(26)23(21)11-19(17)7-15;1-7-3-9-5-8(2)6-10(9)4-7;1-6-3-4-7(2)5-6/h3-24H,1-2H3;3-12H,13-14H2,1-2H3;3,6H,4-5H2,1-2H3;3-4H,5H2,1-2H3. The second kappa shape index (κ2) is 21.0. The van der Waals surface area contributed by atoms with Gasteiger partial charge in [-0.2, -0.15) is 0 Å². The molecule has 402 valence electrons. The first-order chi connectivity index (χ1) is 40.3. The second-order valence-electron chi connectivity index (χ2n) is 24.7. The van der Waals surface area contributed by atoms with Crippen molar-refractivity contribution in [1.82, 2.24) is 0 Å². The van der Waals surface area contributed by atoms with E-state index in [1.165, 1.54) is 184 Å². The first-order valence-corrected chi connectivity index (χ1v) is 29.9. The van der Waals surface area contributed by atoms with E-state index in [9.17, 15) is 0 Å². The fraction of sp³-hybridized carbons (Fsp3) is 0.157. The van der Waals surface area contributed by atoms with Gasteiger partial charge in [-0.25, -0.2) is 0 Å². The van der Waals surface area contributed by atoms with Gasteiger partial charge in [-0.15, -0.1) is 0 Å². The maximum atomic E-state index is 2.43. The molecule has 0 N–H and O–H groups in total. The Labute approximate surface area is 489 Å². The molecule has 0 nitrogen and oxygen atoms in total. The summed E-state index contributed by atoms with van der Waals surface area (Å²) in [6.45, 7) is 17.6. The molecule has 0 saturated carbocycles. The molecule has 12 aromatic carbocycles. The van der Waals surface area contributed by atoms with Crippen LogP contribution in [0.2, 0.25) is 0 Å². The Kier molecular flexibility index (Phi) is 13.2. The Morgan fingerprint density at radius 1 is 0.253 bits per heavy atom. The highest BCUT2D eigenvalue weighted by Crippen LogP contribution is 2.49. The summed E-state index contributed by atoms with van der Waals surface area (Å²) in [5, 5.41) is 18.4. The summed E-state index contributed by atoms with van der Waals surface area (Å²) >= 11 is 0. The van der Waals surface area contributed by atoms with Crippen LogP contribution in [0.5, 0.6) is 0 Å². The molecular weight excluding hydrogens is 997 g/mol. The SMILES string of the molecule is CC1=CC2=C(C=C(C)C2)C1.CC1=CC=C(C)C1.Cc1c2ccccc2cc2cc(-c3cc4ccccc4cc3-c3ccc4c(C)c5ccccc5cc4c3)ccc12.Cc1ccc2cc3c(cc2c1)C1=C(C3)c2cc3cc(C)ccc3cc2C1. The van der Waals surface area contributed by atoms with Crippen molar-refractivity contribution in [3.63, 3.8) is 0 Å². The Bertz CT molecular complexity index is 4630. The molecule has 0 spiro atoms. The van der Waals surface area contributed by atoms with Crippen LogP contribution in [0.15, 0.2) is 252 Å². The zero-order chi connectivity index (χ0) is 56.6. The summed E-state index contributed by atoms with van der Waals surface area (Å²) in [7, 11) is 0. The highest BCUT2D eigenvalue weighted by Gasteiger charge is 2.30. The lowest BCUT2D eigenvalue weighted by Crippen LogP contribution is -1.93. The Hall–Kier alpha value is -9.10. The molecule has 0 unspecified atom stereocenters. The number of rotatable bonds is 2. The predicted octanol–water partition coefficient (Wildman–Crippen LogP) is 23.3. The molecule has 83 heavy (non-hydrogen) atoms. The van der Waals surface area contributed by atoms with Gasteiger partial charge in [0.15, 0.2) is 0 Å². The lowest BCUT2D eigenvalue weighted by Gasteiger charge is -2.16. The molecule has 0 heteroatoms. The fourth-order valence-corrected chi connectivity index (χ4v) is 14.2. The van der Waals surface area contributed by atoms with Crippen LogP contribution in [-0.2, 0) is 12.8 Å². The smallest absolute Gasteiger partial charge is 0.00104 e. The Balaban J connectivity index is 0.000000120. The summed E-state index contributed by atoms with van der Waals surface area (Å²) in [5.74, 6) is 0. The monoisotopic (exact) mass is 1070 g/mol. The molecule has 0 aromatic heterocycles. The normalized spacial score (nSPS) is 14.7. The van der Waals surface area contributed by atoms with Gasteiger partial charge in [0.1, 0.15) is 0 Å². The zero-order valence-electron chi connectivity index (χ0n) is 49.3. The van der Waals surface area contributed by atoms with E-state index in [2.05, 4.69) is 274 Å². The minimum absolute atomic E-state index is 1.08. The van der Waals surface area contributed by atoms with E-state index >= 15 is 0 Å². The molecule has 0 heterocycles. The topological polar surface area (TPSA) is 0 Å². The summed E-state index contributed by atoms with van der Waals surface area (Å²) in [4.78, 5) is 0. The highest BCUT2D eigenvalue weighted by atomic mass is 14.3. The number of fused-ring (bicyclic) bond motifs is 11. The first kappa shape index (κ1) is 52.0. The lowest BCUT2D eigenvalue weighted by atomic mass is 9.88. The van der Waals surface area contributed by atoms with Crippen molar-refractivity contribution in [3.05, 3.63) is 296 Å². The van der Waals surface area contributed by atoms with Gasteiger partial charge in [0, 0.05) is 0 Å². The third-order valence-electron chi connectivity index (χ3n) is 18.4. The Morgan fingerprint density at radius 2 is 0.639 bits per heavy atom. The lowest BCUT2D eigenvalue weighted by molar-refractivity contribution is 1.15. The number of benzene rings is 12. The van der Waals surface area contributed by atoms with E-state index in [0.29, 0.717) is 0 Å². The maximum absolute atomic E-state index is 2.43. The fourth-order valence-electron chi connectivity index (χ4n) is 14.2. The van der Waals surface area contributed by atoms with Gasteiger partial charge in [0.25, 0.3) is 0 Å². The molecular formula is C83H70. The van der Waals surface area contributed by atoms with Crippen LogP contribution in [0.1, 0.15) is 91.5 Å². The summed E-state index contributed by atoms with van der Waals surface area (Å²) in [5.41, 5.74) is 28.6. The second-order valence-corrected chi connectivity index (χ2v) is 24.7. The molecule has 0 aliphatic heterocycles. The van der Waals surface area contributed by atoms with Crippen molar-refractivity contribution in [3.8, 4) is 22.3 Å². The molecule has 0 bridgehead atoms. The van der Waals surface area contributed by atoms with Gasteiger partial charge in [-0.3, -0.25) is 0 Å². The van der Waals surface area contributed by atoms with E-state index in [1.54, 1.807) is 22.3 Å². The van der Waals surface area contributed by atoms with E-state index < -0.39 is 0 Å². The van der Waals surface area contributed by atoms with Crippen molar-refractivity contribution < 1.29 is 0 Å². The third kappa shape index (κ3) is 9.85. The highest BCUT2D eigenvalue weighted by molar-refractivity contribution is 6.09. The van der Waals surface area contributed by atoms with E-state index in [0.717, 1.165) is 12.8 Å². The third-order valence-corrected chi connectivity index (χ3v) is 18.4. The number of aryl methyl sites for hydroxylation is 4. The minimum Gasteiger partial charge on any atom is -0.0693 e. The van der Waals surface area contributed by atoms with Crippen LogP contribution in [0.25, 0.3) is 109 Å². The largest absolute Gasteiger partial charge is 0.0693 e. The molecule has 5 aliphatic rings. The zero-order valence-corrected chi connectivity index (χ0v) is 49.3. The van der Waals surface area contributed by atoms with Crippen molar-refractivity contribution >= 4 is 86.6 Å². The van der Waals surface area contributed by atoms with Gasteiger partial charge >= 0.3 is 0 Å². The molecule has 0 fully saturated rings. The Morgan fingerprint density at radius 3 is 1.06 bits per heavy atom. The minimum atomic E-state index is 1.08. The predicted molar refractivity (Wildman–Crippen MR) is 362 cm³/mol. The molecule has 0 saturated heterocycles. The van der Waals surface area contributed by atoms with Crippen LogP contribution >= 0.6 is 0 Å². The molecule has 5 aliphatic carbocycles. The van der Waals surface area contributed by atoms with Crippen molar-refractivity contribution in [2.75, 3.05) is 0 Å². The summed E-state index contributed by atoms with van der Waals surface area (Å²) in [6, 6.07) is 72.8. The van der Waals surface area contributed by atoms with Crippen LogP contribution < -0.4 is 0 Å². The van der Waals surface area contributed by atoms with Gasteiger partial charge < -0.3 is 0 Å². The molecule has 0 radical (unpaired) electrons. The van der Waals surface area contributed by atoms with Crippen LogP contribution in [0, 0.1) is 27.7 Å². The summed E-state index contributed by atoms with van der Waals surface area (Å²) < 4.78 is 0. The number of hydrogen-bond acceptors (Lipinski definition) is 0. The number of hydrogen-bond donors (Lipinski definition) is 0. The van der Waals surface area contributed by atoms with E-state index in [1.807, 2.05) is 0 Å². The van der Waals surface area contributed by atoms with Crippen LogP contribution in [-0.4, -0.2) is 0 Å². The van der Waals surface area contributed by atoms with E-state index in [4.69, 9.17) is 0 Å². The summed E-state index contributed by atoms with van der Waals surface area (Å²) in [6.07, 6.45) is 14.8. The number of allylic oxidation sites excluding steroid dienone is 12. The first-order valence-electron chi connectivity index (χ1n) is 29.9. The quantitative estimate of drug-likeness (QED) is 0.151. The van der Waals surface area contributed by atoms with Crippen LogP contribution in [0.3, 0.4) is 0 Å². The van der Waals surface area contributed by atoms with Crippen molar-refractivity contribution in [1.29, 1.82) is 0 Å². The average molecular weight is 1070 g/mol. The van der Waals surface area contributed by atoms with Crippen molar-refractivity contribution in [2.45, 2.75) is 87.5 Å². The molecule has 0 amide bonds. The molecule has 17 rings (SSSR count). The van der Waals surface area contributed by atoms with Crippen LogP contribution in [0.4, 0.5) is 0 Å². The van der Waals surface area contributed by atoms with Gasteiger partial charge in [0.05, 0.1) is 0 Å². The molecule has 0 atom stereocenters. The van der Waals surface area contributed by atoms with Gasteiger partial charge in [-0.1, -0.05) is 203 Å². The molecule has 12 aromatic rings. The van der Waals surface area contributed by atoms with Crippen molar-refractivity contribution in [2.24, 2.45) is 0 Å². The van der Waals surface area contributed by atoms with Gasteiger partial charge in [-0.05, 0) is 289 Å². The van der Waals surface area contributed by atoms with E-state index in [-0.39, 0.29) is 0 Å².